The van der Waals surface area contributed by atoms with Gasteiger partial charge in [0.25, 0.3) is 0 Å². The zero-order valence-electron chi connectivity index (χ0n) is 13.2. The Balaban J connectivity index is 1.61. The molecule has 3 aromatic heterocycles. The van der Waals surface area contributed by atoms with Crippen LogP contribution in [0, 0.1) is 0 Å². The third kappa shape index (κ3) is 2.58. The predicted molar refractivity (Wildman–Crippen MR) is 106 cm³/mol. The van der Waals surface area contributed by atoms with Gasteiger partial charge < -0.3 is 8.83 Å². The molecule has 0 saturated heterocycles. The van der Waals surface area contributed by atoms with E-state index in [2.05, 4.69) is 20.9 Å². The lowest BCUT2D eigenvalue weighted by molar-refractivity contribution is 0.563. The smallest absolute Gasteiger partial charge is 0.346 e. The van der Waals surface area contributed by atoms with E-state index in [1.165, 1.54) is 11.3 Å². The number of furan rings is 1. The minimum atomic E-state index is -0.391. The number of hydrogen-bond acceptors (Lipinski definition) is 5. The first kappa shape index (κ1) is 15.5. The fraction of sp³-hybridized carbons (Fsp3) is 0. The number of aromatic nitrogens is 1. The van der Waals surface area contributed by atoms with Gasteiger partial charge in [-0.05, 0) is 36.4 Å². The normalized spacial score (nSPS) is 11.4. The van der Waals surface area contributed by atoms with Crippen LogP contribution in [0.25, 0.3) is 44.0 Å². The van der Waals surface area contributed by atoms with Crippen molar-refractivity contribution < 1.29 is 8.83 Å². The van der Waals surface area contributed by atoms with E-state index < -0.39 is 5.63 Å². The second kappa shape index (κ2) is 5.93. The van der Waals surface area contributed by atoms with Crippen LogP contribution in [0.2, 0.25) is 0 Å². The largest absolute Gasteiger partial charge is 0.454 e. The zero-order chi connectivity index (χ0) is 17.7. The molecule has 0 bridgehead atoms. The summed E-state index contributed by atoms with van der Waals surface area (Å²) < 4.78 is 12.3. The molecule has 0 amide bonds. The van der Waals surface area contributed by atoms with Gasteiger partial charge in [0.15, 0.2) is 5.76 Å². The first-order valence-electron chi connectivity index (χ1n) is 7.86. The zero-order valence-corrected chi connectivity index (χ0v) is 15.6. The first-order valence-corrected chi connectivity index (χ1v) is 9.53. The molecule has 3 heterocycles. The van der Waals surface area contributed by atoms with Crippen LogP contribution < -0.4 is 5.63 Å². The molecule has 0 aliphatic rings. The second-order valence-electron chi connectivity index (χ2n) is 5.82. The fourth-order valence-corrected chi connectivity index (χ4v) is 4.05. The van der Waals surface area contributed by atoms with E-state index >= 15 is 0 Å². The molecule has 0 N–H and O–H groups in total. The summed E-state index contributed by atoms with van der Waals surface area (Å²) in [4.78, 5) is 16.9. The minimum absolute atomic E-state index is 0.391. The quantitative estimate of drug-likeness (QED) is 0.322. The number of fused-ring (bicyclic) bond motifs is 2. The molecule has 5 aromatic rings. The summed E-state index contributed by atoms with van der Waals surface area (Å²) in [5.74, 6) is 0.672. The van der Waals surface area contributed by atoms with Crippen molar-refractivity contribution in [3.63, 3.8) is 0 Å². The van der Waals surface area contributed by atoms with Gasteiger partial charge in [0.1, 0.15) is 21.9 Å². The van der Waals surface area contributed by atoms with Crippen LogP contribution in [-0.2, 0) is 0 Å². The summed E-state index contributed by atoms with van der Waals surface area (Å²) in [5.41, 5.74) is 2.13. The van der Waals surface area contributed by atoms with Crippen LogP contribution in [0.5, 0.6) is 0 Å². The molecule has 2 aromatic carbocycles. The highest BCUT2D eigenvalue weighted by atomic mass is 79.9. The number of para-hydroxylation sites is 1. The Labute approximate surface area is 159 Å². The highest BCUT2D eigenvalue weighted by molar-refractivity contribution is 9.10. The summed E-state index contributed by atoms with van der Waals surface area (Å²) in [6.07, 6.45) is 0. The van der Waals surface area contributed by atoms with Crippen LogP contribution in [-0.4, -0.2) is 4.98 Å². The summed E-state index contributed by atoms with van der Waals surface area (Å²) in [5, 5.41) is 4.36. The Hall–Kier alpha value is -2.70. The number of hydrogen-bond donors (Lipinski definition) is 0. The topological polar surface area (TPSA) is 56.2 Å². The van der Waals surface area contributed by atoms with Gasteiger partial charge in [-0.2, -0.15) is 0 Å². The van der Waals surface area contributed by atoms with E-state index in [0.29, 0.717) is 27.6 Å². The molecule has 26 heavy (non-hydrogen) atoms. The third-order valence-corrected chi connectivity index (χ3v) is 5.48. The molecule has 0 unspecified atom stereocenters. The average molecular weight is 424 g/mol. The second-order valence-corrected chi connectivity index (χ2v) is 7.59. The molecule has 0 atom stereocenters. The predicted octanol–water partition coefficient (Wildman–Crippen LogP) is 6.09. The van der Waals surface area contributed by atoms with Crippen molar-refractivity contribution in [3.8, 4) is 22.0 Å². The van der Waals surface area contributed by atoms with Crippen LogP contribution >= 0.6 is 27.3 Å². The van der Waals surface area contributed by atoms with Crippen molar-refractivity contribution in [2.24, 2.45) is 0 Å². The molecule has 0 fully saturated rings. The Morgan fingerprint density at radius 3 is 2.69 bits per heavy atom. The van der Waals surface area contributed by atoms with Crippen molar-refractivity contribution in [3.05, 3.63) is 74.9 Å². The van der Waals surface area contributed by atoms with Crippen LogP contribution in [0.15, 0.2) is 78.1 Å². The number of benzene rings is 2. The summed E-state index contributed by atoms with van der Waals surface area (Å²) in [7, 11) is 0. The van der Waals surface area contributed by atoms with Gasteiger partial charge in [-0.1, -0.05) is 34.1 Å². The number of nitrogens with zero attached hydrogens (tertiary/aromatic N) is 1. The van der Waals surface area contributed by atoms with Gasteiger partial charge in [0.05, 0.1) is 5.56 Å². The fourth-order valence-electron chi connectivity index (χ4n) is 2.86. The van der Waals surface area contributed by atoms with E-state index in [9.17, 15) is 4.79 Å². The van der Waals surface area contributed by atoms with Gasteiger partial charge in [0.2, 0.25) is 0 Å². The van der Waals surface area contributed by atoms with E-state index in [-0.39, 0.29) is 0 Å². The molecule has 4 nitrogen and oxygen atoms in total. The van der Waals surface area contributed by atoms with E-state index in [1.54, 1.807) is 6.07 Å². The van der Waals surface area contributed by atoms with Crippen molar-refractivity contribution >= 4 is 49.2 Å². The standard InChI is InChI=1S/C20H10BrNO3S/c21-13-5-6-17-12(7-13)9-18(24-17)15-10-26-19(22-15)14-8-11-3-1-2-4-16(11)25-20(14)23/h1-10H. The Bertz CT molecular complexity index is 1330. The van der Waals surface area contributed by atoms with Crippen molar-refractivity contribution in [2.45, 2.75) is 0 Å². The molecule has 5 rings (SSSR count). The Kier molecular flexibility index (Phi) is 3.55. The monoisotopic (exact) mass is 423 g/mol. The SMILES string of the molecule is O=c1oc2ccccc2cc1-c1nc(-c2cc3cc(Br)ccc3o2)cs1. The Morgan fingerprint density at radius 1 is 0.923 bits per heavy atom. The lowest BCUT2D eigenvalue weighted by Crippen LogP contribution is -2.02. The summed E-state index contributed by atoms with van der Waals surface area (Å²) in [6.45, 7) is 0. The van der Waals surface area contributed by atoms with Gasteiger partial charge in [-0.25, -0.2) is 9.78 Å². The third-order valence-electron chi connectivity index (χ3n) is 4.11. The van der Waals surface area contributed by atoms with E-state index in [0.717, 1.165) is 20.8 Å². The molecule has 126 valence electrons. The van der Waals surface area contributed by atoms with Gasteiger partial charge in [-0.15, -0.1) is 11.3 Å². The lowest BCUT2D eigenvalue weighted by Gasteiger charge is -1.98. The van der Waals surface area contributed by atoms with Crippen molar-refractivity contribution in [1.82, 2.24) is 4.98 Å². The number of halogens is 1. The van der Waals surface area contributed by atoms with Gasteiger partial charge >= 0.3 is 5.63 Å². The maximum absolute atomic E-state index is 12.3. The van der Waals surface area contributed by atoms with Crippen LogP contribution in [0.4, 0.5) is 0 Å². The van der Waals surface area contributed by atoms with Crippen molar-refractivity contribution in [1.29, 1.82) is 0 Å². The summed E-state index contributed by atoms with van der Waals surface area (Å²) in [6, 6.07) is 17.0. The molecule has 0 saturated carbocycles. The Morgan fingerprint density at radius 2 is 1.77 bits per heavy atom. The average Bonchev–Trinajstić information content (AvgIpc) is 3.27. The number of rotatable bonds is 2. The first-order chi connectivity index (χ1) is 12.7. The van der Waals surface area contributed by atoms with Crippen molar-refractivity contribution in [2.75, 3.05) is 0 Å². The molecule has 0 aliphatic heterocycles. The highest BCUT2D eigenvalue weighted by Crippen LogP contribution is 2.33. The maximum Gasteiger partial charge on any atom is 0.346 e. The van der Waals surface area contributed by atoms with Gasteiger partial charge in [-0.3, -0.25) is 0 Å². The van der Waals surface area contributed by atoms with Crippen LogP contribution in [0.3, 0.4) is 0 Å². The van der Waals surface area contributed by atoms with Gasteiger partial charge in [0, 0.05) is 20.6 Å². The molecule has 0 radical (unpaired) electrons. The lowest BCUT2D eigenvalue weighted by atomic mass is 10.2. The van der Waals surface area contributed by atoms with E-state index in [4.69, 9.17) is 8.83 Å². The highest BCUT2D eigenvalue weighted by Gasteiger charge is 2.15. The molecule has 0 aliphatic carbocycles. The maximum atomic E-state index is 12.3. The molecule has 0 spiro atoms. The number of thiazole rings is 1. The summed E-state index contributed by atoms with van der Waals surface area (Å²) >= 11 is 4.85. The van der Waals surface area contributed by atoms with Crippen LogP contribution in [0.1, 0.15) is 0 Å². The molecular formula is C20H10BrNO3S. The molecule has 6 heteroatoms. The molecular weight excluding hydrogens is 414 g/mol. The van der Waals surface area contributed by atoms with E-state index in [1.807, 2.05) is 53.9 Å². The minimum Gasteiger partial charge on any atom is -0.454 e.